The monoisotopic (exact) mass is 376 g/mol. The molecule has 0 saturated heterocycles. The molecule has 0 aliphatic carbocycles. The first-order valence-electron chi connectivity index (χ1n) is 8.87. The zero-order valence-electron chi connectivity index (χ0n) is 15.1. The van der Waals surface area contributed by atoms with Crippen LogP contribution in [0.1, 0.15) is 22.2 Å². The molecule has 4 aromatic rings. The van der Waals surface area contributed by atoms with Gasteiger partial charge in [-0.3, -0.25) is 4.79 Å². The van der Waals surface area contributed by atoms with Gasteiger partial charge < -0.3 is 15.0 Å². The minimum Gasteiger partial charge on any atom is -0.308 e. The number of rotatable bonds is 2. The molecule has 0 unspecified atom stereocenters. The van der Waals surface area contributed by atoms with E-state index in [1.807, 2.05) is 28.9 Å². The Labute approximate surface area is 159 Å². The third kappa shape index (κ3) is 2.42. The fraction of sp³-hybridized carbons (Fsp3) is 0.150. The number of anilines is 1. The number of aryl methyl sites for hydroxylation is 1. The number of hydrogen-bond acceptors (Lipinski definition) is 4. The van der Waals surface area contributed by atoms with E-state index in [0.717, 1.165) is 11.2 Å². The minimum absolute atomic E-state index is 0.217. The Bertz CT molecular complexity index is 1230. The largest absolute Gasteiger partial charge is 0.308 e. The number of carbonyl (C=O) groups is 1. The third-order valence-corrected chi connectivity index (χ3v) is 5.08. The molecular formula is C20H17FN6O. The summed E-state index contributed by atoms with van der Waals surface area (Å²) >= 11 is 0. The molecule has 4 heterocycles. The maximum atomic E-state index is 13.7. The molecule has 1 amide bonds. The van der Waals surface area contributed by atoms with Crippen LogP contribution in [0.15, 0.2) is 55.1 Å². The molecule has 1 atom stereocenters. The van der Waals surface area contributed by atoms with E-state index < -0.39 is 6.17 Å². The summed E-state index contributed by atoms with van der Waals surface area (Å²) in [5, 5.41) is 4.35. The van der Waals surface area contributed by atoms with Crippen molar-refractivity contribution in [3.05, 3.63) is 72.2 Å². The average molecular weight is 376 g/mol. The fourth-order valence-electron chi connectivity index (χ4n) is 3.61. The predicted molar refractivity (Wildman–Crippen MR) is 102 cm³/mol. The highest BCUT2D eigenvalue weighted by molar-refractivity contribution is 6.09. The maximum absolute atomic E-state index is 13.7. The Morgan fingerprint density at radius 3 is 2.93 bits per heavy atom. The zero-order valence-corrected chi connectivity index (χ0v) is 15.1. The van der Waals surface area contributed by atoms with Crippen molar-refractivity contribution >= 4 is 17.2 Å². The number of imidazole rings is 1. The van der Waals surface area contributed by atoms with Crippen molar-refractivity contribution in [2.24, 2.45) is 5.73 Å². The second kappa shape index (κ2) is 6.00. The van der Waals surface area contributed by atoms with E-state index in [4.69, 9.17) is 5.73 Å². The van der Waals surface area contributed by atoms with Crippen molar-refractivity contribution < 1.29 is 9.18 Å². The standard InChI is InChI=1S/C20H17FN6O/c1-12-8-14(3-4-16(12)21)26-11-17(22)27-19(20(26)28)15(9-24-27)13-2-5-18-23-6-7-25(18)10-13/h2-10,17H,11,22H2,1H3/t17-/m1/s1. The van der Waals surface area contributed by atoms with E-state index in [1.54, 1.807) is 41.0 Å². The Kier molecular flexibility index (Phi) is 3.56. The van der Waals surface area contributed by atoms with Crippen LogP contribution in [0.5, 0.6) is 0 Å². The molecule has 140 valence electrons. The predicted octanol–water partition coefficient (Wildman–Crippen LogP) is 2.76. The molecular weight excluding hydrogens is 359 g/mol. The number of halogens is 1. The van der Waals surface area contributed by atoms with Crippen LogP contribution in [0, 0.1) is 12.7 Å². The van der Waals surface area contributed by atoms with Crippen LogP contribution in [-0.2, 0) is 0 Å². The van der Waals surface area contributed by atoms with Crippen LogP contribution in [0.25, 0.3) is 16.8 Å². The maximum Gasteiger partial charge on any atom is 0.277 e. The Balaban J connectivity index is 1.62. The number of benzene rings is 1. The lowest BCUT2D eigenvalue weighted by Crippen LogP contribution is -2.46. The van der Waals surface area contributed by atoms with Crippen LogP contribution in [-0.4, -0.2) is 31.6 Å². The van der Waals surface area contributed by atoms with Crippen molar-refractivity contribution in [3.8, 4) is 11.1 Å². The first-order chi connectivity index (χ1) is 13.5. The van der Waals surface area contributed by atoms with Gasteiger partial charge in [0.05, 0.1) is 12.7 Å². The van der Waals surface area contributed by atoms with Crippen molar-refractivity contribution in [3.63, 3.8) is 0 Å². The molecule has 7 nitrogen and oxygen atoms in total. The number of fused-ring (bicyclic) bond motifs is 2. The number of hydrogen-bond donors (Lipinski definition) is 1. The van der Waals surface area contributed by atoms with E-state index in [0.29, 0.717) is 22.5 Å². The summed E-state index contributed by atoms with van der Waals surface area (Å²) in [6, 6.07) is 8.40. The molecule has 0 radical (unpaired) electrons. The second-order valence-electron chi connectivity index (χ2n) is 6.88. The number of pyridine rings is 1. The summed E-state index contributed by atoms with van der Waals surface area (Å²) in [4.78, 5) is 19.1. The highest BCUT2D eigenvalue weighted by Crippen LogP contribution is 2.32. The summed E-state index contributed by atoms with van der Waals surface area (Å²) in [6.07, 6.45) is 6.62. The molecule has 0 bridgehead atoms. The quantitative estimate of drug-likeness (QED) is 0.583. The van der Waals surface area contributed by atoms with Gasteiger partial charge in [0.15, 0.2) is 0 Å². The van der Waals surface area contributed by atoms with Crippen molar-refractivity contribution in [1.82, 2.24) is 19.2 Å². The van der Waals surface area contributed by atoms with Crippen LogP contribution < -0.4 is 10.6 Å². The van der Waals surface area contributed by atoms with Gasteiger partial charge >= 0.3 is 0 Å². The number of nitrogens with two attached hydrogens (primary N) is 1. The van der Waals surface area contributed by atoms with E-state index in [2.05, 4.69) is 10.1 Å². The van der Waals surface area contributed by atoms with Gasteiger partial charge in [0.2, 0.25) is 0 Å². The van der Waals surface area contributed by atoms with Crippen LogP contribution in [0.2, 0.25) is 0 Å². The van der Waals surface area contributed by atoms with Crippen molar-refractivity contribution in [1.29, 1.82) is 0 Å². The summed E-state index contributed by atoms with van der Waals surface area (Å²) in [7, 11) is 0. The van der Waals surface area contributed by atoms with Crippen molar-refractivity contribution in [2.75, 3.05) is 11.4 Å². The molecule has 5 rings (SSSR count). The Morgan fingerprint density at radius 1 is 1.25 bits per heavy atom. The van der Waals surface area contributed by atoms with Gasteiger partial charge in [0.25, 0.3) is 5.91 Å². The lowest BCUT2D eigenvalue weighted by molar-refractivity contribution is 0.0952. The van der Waals surface area contributed by atoms with Gasteiger partial charge in [-0.05, 0) is 42.8 Å². The molecule has 1 aliphatic rings. The molecule has 1 aliphatic heterocycles. The topological polar surface area (TPSA) is 81.4 Å². The molecule has 1 aromatic carbocycles. The summed E-state index contributed by atoms with van der Waals surface area (Å²) in [6.45, 7) is 1.93. The molecule has 8 heteroatoms. The van der Waals surface area contributed by atoms with Crippen LogP contribution in [0.3, 0.4) is 0 Å². The first-order valence-corrected chi connectivity index (χ1v) is 8.87. The first kappa shape index (κ1) is 16.6. The normalized spacial score (nSPS) is 16.6. The van der Waals surface area contributed by atoms with Gasteiger partial charge in [0, 0.05) is 35.4 Å². The van der Waals surface area contributed by atoms with Crippen LogP contribution >= 0.6 is 0 Å². The molecule has 0 spiro atoms. The highest BCUT2D eigenvalue weighted by atomic mass is 19.1. The SMILES string of the molecule is Cc1cc(N2C[C@H](N)n3ncc(-c4ccc5nccn5c4)c3C2=O)ccc1F. The van der Waals surface area contributed by atoms with E-state index in [1.165, 1.54) is 6.07 Å². The molecule has 2 N–H and O–H groups in total. The van der Waals surface area contributed by atoms with E-state index >= 15 is 0 Å². The lowest BCUT2D eigenvalue weighted by atomic mass is 10.1. The number of amides is 1. The van der Waals surface area contributed by atoms with Gasteiger partial charge in [-0.25, -0.2) is 14.1 Å². The van der Waals surface area contributed by atoms with Gasteiger partial charge in [-0.2, -0.15) is 5.10 Å². The molecule has 3 aromatic heterocycles. The Hall–Kier alpha value is -3.52. The lowest BCUT2D eigenvalue weighted by Gasteiger charge is -2.32. The van der Waals surface area contributed by atoms with Crippen LogP contribution in [0.4, 0.5) is 10.1 Å². The average Bonchev–Trinajstić information content (AvgIpc) is 3.33. The Morgan fingerprint density at radius 2 is 2.11 bits per heavy atom. The number of nitrogens with zero attached hydrogens (tertiary/aromatic N) is 5. The smallest absolute Gasteiger partial charge is 0.277 e. The minimum atomic E-state index is -0.496. The summed E-state index contributed by atoms with van der Waals surface area (Å²) in [5.74, 6) is -0.525. The molecule has 0 saturated carbocycles. The van der Waals surface area contributed by atoms with Gasteiger partial charge in [0.1, 0.15) is 23.3 Å². The molecule has 0 fully saturated rings. The van der Waals surface area contributed by atoms with E-state index in [-0.39, 0.29) is 18.3 Å². The fourth-order valence-corrected chi connectivity index (χ4v) is 3.61. The third-order valence-electron chi connectivity index (χ3n) is 5.08. The zero-order chi connectivity index (χ0) is 19.4. The van der Waals surface area contributed by atoms with E-state index in [9.17, 15) is 9.18 Å². The summed E-state index contributed by atoms with van der Waals surface area (Å²) < 4.78 is 17.1. The van der Waals surface area contributed by atoms with Crippen molar-refractivity contribution in [2.45, 2.75) is 13.1 Å². The number of carbonyl (C=O) groups excluding carboxylic acids is 1. The number of aromatic nitrogens is 4. The molecule has 28 heavy (non-hydrogen) atoms. The highest BCUT2D eigenvalue weighted by Gasteiger charge is 2.34. The second-order valence-corrected chi connectivity index (χ2v) is 6.88. The summed E-state index contributed by atoms with van der Waals surface area (Å²) in [5.41, 5.74) is 10.1. The van der Waals surface area contributed by atoms with Gasteiger partial charge in [-0.1, -0.05) is 0 Å². The van der Waals surface area contributed by atoms with Gasteiger partial charge in [-0.15, -0.1) is 0 Å².